The van der Waals surface area contributed by atoms with Gasteiger partial charge in [-0.3, -0.25) is 0 Å². The van der Waals surface area contributed by atoms with Crippen molar-refractivity contribution in [2.24, 2.45) is 0 Å². The largest absolute Gasteiger partial charge is 0.489 e. The van der Waals surface area contributed by atoms with Gasteiger partial charge in [0.25, 0.3) is 0 Å². The molecule has 4 nitrogen and oxygen atoms in total. The van der Waals surface area contributed by atoms with Crippen LogP contribution in [-0.2, 0) is 0 Å². The van der Waals surface area contributed by atoms with Crippen molar-refractivity contribution in [3.8, 4) is 5.75 Å². The molecule has 1 rings (SSSR count). The van der Waals surface area contributed by atoms with Crippen LogP contribution in [0.2, 0.25) is 0 Å². The summed E-state index contributed by atoms with van der Waals surface area (Å²) in [4.78, 5) is 0. The molecule has 0 fully saturated rings. The Morgan fingerprint density at radius 2 is 2.00 bits per heavy atom. The van der Waals surface area contributed by atoms with E-state index in [1.54, 1.807) is 6.07 Å². The van der Waals surface area contributed by atoms with Gasteiger partial charge in [-0.05, 0) is 18.6 Å². The van der Waals surface area contributed by atoms with E-state index in [4.69, 9.17) is 21.3 Å². The standard InChI is InChI=1S/C9H14N2O2/c1-6-2-3-7(13-5-4-12)9(11)8(6)10/h2-3,12H,4-5,10-11H2,1H3. The molecule has 0 aromatic heterocycles. The Kier molecular flexibility index (Phi) is 2.97. The Bertz CT molecular complexity index is 300. The van der Waals surface area contributed by atoms with Crippen LogP contribution in [-0.4, -0.2) is 18.3 Å². The SMILES string of the molecule is Cc1ccc(OCCO)c(N)c1N. The Labute approximate surface area is 77.1 Å². The number of hydrogen-bond acceptors (Lipinski definition) is 4. The summed E-state index contributed by atoms with van der Waals surface area (Å²) in [6.07, 6.45) is 0. The predicted octanol–water partition coefficient (Wildman–Crippen LogP) is 0.531. The van der Waals surface area contributed by atoms with Crippen LogP contribution in [0.4, 0.5) is 11.4 Å². The van der Waals surface area contributed by atoms with Crippen molar-refractivity contribution in [2.45, 2.75) is 6.92 Å². The zero-order valence-corrected chi connectivity index (χ0v) is 7.58. The molecule has 1 aromatic carbocycles. The van der Waals surface area contributed by atoms with Gasteiger partial charge in [-0.2, -0.15) is 0 Å². The van der Waals surface area contributed by atoms with Crippen LogP contribution in [0.1, 0.15) is 5.56 Å². The average Bonchev–Trinajstić information content (AvgIpc) is 2.13. The molecule has 0 unspecified atom stereocenters. The predicted molar refractivity (Wildman–Crippen MR) is 52.6 cm³/mol. The summed E-state index contributed by atoms with van der Waals surface area (Å²) < 4.78 is 5.17. The van der Waals surface area contributed by atoms with Gasteiger partial charge in [0.2, 0.25) is 0 Å². The average molecular weight is 182 g/mol. The highest BCUT2D eigenvalue weighted by molar-refractivity contribution is 5.73. The van der Waals surface area contributed by atoms with E-state index in [1.807, 2.05) is 13.0 Å². The molecule has 0 aliphatic heterocycles. The number of aliphatic hydroxyl groups excluding tert-OH is 1. The summed E-state index contributed by atoms with van der Waals surface area (Å²) in [5, 5.41) is 8.55. The number of benzene rings is 1. The van der Waals surface area contributed by atoms with Crippen molar-refractivity contribution in [1.82, 2.24) is 0 Å². The van der Waals surface area contributed by atoms with Gasteiger partial charge in [-0.25, -0.2) is 0 Å². The first kappa shape index (κ1) is 9.67. The van der Waals surface area contributed by atoms with Gasteiger partial charge in [-0.1, -0.05) is 6.07 Å². The molecule has 0 saturated carbocycles. The minimum absolute atomic E-state index is 0.0345. The lowest BCUT2D eigenvalue weighted by molar-refractivity contribution is 0.202. The lowest BCUT2D eigenvalue weighted by Crippen LogP contribution is -2.06. The number of nitrogens with two attached hydrogens (primary N) is 2. The number of hydrogen-bond donors (Lipinski definition) is 3. The maximum atomic E-state index is 8.55. The van der Waals surface area contributed by atoms with Crippen LogP contribution in [0.3, 0.4) is 0 Å². The van der Waals surface area contributed by atoms with Crippen LogP contribution in [0.25, 0.3) is 0 Å². The molecule has 13 heavy (non-hydrogen) atoms. The molecule has 0 saturated heterocycles. The molecular formula is C9H14N2O2. The Morgan fingerprint density at radius 3 is 2.62 bits per heavy atom. The Balaban J connectivity index is 2.90. The highest BCUT2D eigenvalue weighted by atomic mass is 16.5. The quantitative estimate of drug-likeness (QED) is 0.595. The molecule has 5 N–H and O–H groups in total. The maximum Gasteiger partial charge on any atom is 0.144 e. The van der Waals surface area contributed by atoms with Crippen LogP contribution >= 0.6 is 0 Å². The molecule has 0 atom stereocenters. The second kappa shape index (κ2) is 4.00. The fourth-order valence-corrected chi connectivity index (χ4v) is 1.01. The molecular weight excluding hydrogens is 168 g/mol. The zero-order valence-electron chi connectivity index (χ0n) is 7.58. The second-order valence-electron chi connectivity index (χ2n) is 2.78. The summed E-state index contributed by atoms with van der Waals surface area (Å²) in [6, 6.07) is 3.58. The molecule has 0 aliphatic rings. The van der Waals surface area contributed by atoms with Crippen molar-refractivity contribution < 1.29 is 9.84 Å². The van der Waals surface area contributed by atoms with E-state index in [0.29, 0.717) is 17.1 Å². The maximum absolute atomic E-state index is 8.55. The van der Waals surface area contributed by atoms with Crippen molar-refractivity contribution in [1.29, 1.82) is 0 Å². The van der Waals surface area contributed by atoms with E-state index >= 15 is 0 Å². The van der Waals surface area contributed by atoms with Crippen molar-refractivity contribution in [2.75, 3.05) is 24.7 Å². The minimum atomic E-state index is -0.0345. The van der Waals surface area contributed by atoms with Gasteiger partial charge in [0.15, 0.2) is 0 Å². The van der Waals surface area contributed by atoms with Crippen LogP contribution < -0.4 is 16.2 Å². The fourth-order valence-electron chi connectivity index (χ4n) is 1.01. The molecule has 4 heteroatoms. The molecule has 0 bridgehead atoms. The zero-order chi connectivity index (χ0) is 9.84. The van der Waals surface area contributed by atoms with Gasteiger partial charge in [0, 0.05) is 0 Å². The molecule has 1 aromatic rings. The van der Waals surface area contributed by atoms with Crippen molar-refractivity contribution in [3.63, 3.8) is 0 Å². The fraction of sp³-hybridized carbons (Fsp3) is 0.333. The summed E-state index contributed by atoms with van der Waals surface area (Å²) >= 11 is 0. The van der Waals surface area contributed by atoms with E-state index in [0.717, 1.165) is 5.56 Å². The highest BCUT2D eigenvalue weighted by Gasteiger charge is 2.05. The van der Waals surface area contributed by atoms with Gasteiger partial charge in [0.1, 0.15) is 12.4 Å². The minimum Gasteiger partial charge on any atom is -0.489 e. The van der Waals surface area contributed by atoms with Gasteiger partial charge in [0.05, 0.1) is 18.0 Å². The van der Waals surface area contributed by atoms with E-state index in [-0.39, 0.29) is 13.2 Å². The summed E-state index contributed by atoms with van der Waals surface area (Å²) in [6.45, 7) is 2.07. The number of anilines is 2. The van der Waals surface area contributed by atoms with Crippen LogP contribution in [0.5, 0.6) is 5.75 Å². The van der Waals surface area contributed by atoms with Gasteiger partial charge < -0.3 is 21.3 Å². The third-order valence-electron chi connectivity index (χ3n) is 1.81. The van der Waals surface area contributed by atoms with Gasteiger partial charge in [-0.15, -0.1) is 0 Å². The number of rotatable bonds is 3. The Morgan fingerprint density at radius 1 is 1.31 bits per heavy atom. The van der Waals surface area contributed by atoms with E-state index < -0.39 is 0 Å². The highest BCUT2D eigenvalue weighted by Crippen LogP contribution is 2.29. The summed E-state index contributed by atoms with van der Waals surface area (Å²) in [7, 11) is 0. The van der Waals surface area contributed by atoms with Gasteiger partial charge >= 0.3 is 0 Å². The number of aliphatic hydroxyl groups is 1. The van der Waals surface area contributed by atoms with Crippen LogP contribution in [0.15, 0.2) is 12.1 Å². The lowest BCUT2D eigenvalue weighted by atomic mass is 10.1. The number of nitrogen functional groups attached to an aromatic ring is 2. The molecule has 0 aliphatic carbocycles. The number of ether oxygens (including phenoxy) is 1. The smallest absolute Gasteiger partial charge is 0.144 e. The summed E-state index contributed by atoms with van der Waals surface area (Å²) in [5.41, 5.74) is 13.3. The lowest BCUT2D eigenvalue weighted by Gasteiger charge is -2.10. The van der Waals surface area contributed by atoms with E-state index in [1.165, 1.54) is 0 Å². The topological polar surface area (TPSA) is 81.5 Å². The molecule has 0 radical (unpaired) electrons. The van der Waals surface area contributed by atoms with E-state index in [9.17, 15) is 0 Å². The molecule has 0 heterocycles. The first-order valence-corrected chi connectivity index (χ1v) is 4.05. The van der Waals surface area contributed by atoms with Crippen LogP contribution in [0, 0.1) is 6.92 Å². The second-order valence-corrected chi connectivity index (χ2v) is 2.78. The normalized spacial score (nSPS) is 10.0. The number of aryl methyl sites for hydroxylation is 1. The Hall–Kier alpha value is -1.42. The molecule has 0 spiro atoms. The third kappa shape index (κ3) is 2.03. The first-order chi connectivity index (χ1) is 6.16. The van der Waals surface area contributed by atoms with E-state index in [2.05, 4.69) is 0 Å². The van der Waals surface area contributed by atoms with Crippen molar-refractivity contribution in [3.05, 3.63) is 17.7 Å². The molecule has 72 valence electrons. The molecule has 0 amide bonds. The summed E-state index contributed by atoms with van der Waals surface area (Å²) in [5.74, 6) is 0.525. The van der Waals surface area contributed by atoms with Crippen molar-refractivity contribution >= 4 is 11.4 Å². The third-order valence-corrected chi connectivity index (χ3v) is 1.81. The monoisotopic (exact) mass is 182 g/mol. The first-order valence-electron chi connectivity index (χ1n) is 4.05.